The quantitative estimate of drug-likeness (QED) is 0.114. The van der Waals surface area contributed by atoms with Crippen LogP contribution in [0.2, 0.25) is 0 Å². The largest absolute Gasteiger partial charge is 0.462 e. The average molecular weight is 425 g/mol. The first-order chi connectivity index (χ1) is 14.7. The normalized spacial score (nSPS) is 12.2. The van der Waals surface area contributed by atoms with Gasteiger partial charge >= 0.3 is 5.97 Å². The van der Waals surface area contributed by atoms with Crippen molar-refractivity contribution in [2.24, 2.45) is 0 Å². The van der Waals surface area contributed by atoms with Crippen LogP contribution in [0, 0.1) is 0 Å². The van der Waals surface area contributed by atoms with Crippen molar-refractivity contribution in [3.63, 3.8) is 0 Å². The Balaban J connectivity index is 3.45. The lowest BCUT2D eigenvalue weighted by Crippen LogP contribution is -2.17. The molecule has 1 unspecified atom stereocenters. The second-order valence-electron chi connectivity index (χ2n) is 9.42. The molecule has 2 nitrogen and oxygen atoms in total. The number of esters is 1. The van der Waals surface area contributed by atoms with Gasteiger partial charge in [-0.15, -0.1) is 0 Å². The molecule has 0 heterocycles. The molecule has 2 heteroatoms. The number of carbonyl (C=O) groups is 1. The van der Waals surface area contributed by atoms with Crippen LogP contribution < -0.4 is 0 Å². The predicted molar refractivity (Wildman–Crippen MR) is 133 cm³/mol. The highest BCUT2D eigenvalue weighted by Gasteiger charge is 2.12. The van der Waals surface area contributed by atoms with E-state index in [1.807, 2.05) is 0 Å². The molecule has 0 saturated carbocycles. The van der Waals surface area contributed by atoms with Crippen LogP contribution in [0.5, 0.6) is 0 Å². The van der Waals surface area contributed by atoms with E-state index in [-0.39, 0.29) is 12.1 Å². The van der Waals surface area contributed by atoms with E-state index in [9.17, 15) is 4.79 Å². The zero-order valence-corrected chi connectivity index (χ0v) is 21.2. The molecular weight excluding hydrogens is 368 g/mol. The number of hydrogen-bond acceptors (Lipinski definition) is 2. The van der Waals surface area contributed by atoms with Gasteiger partial charge in [0.25, 0.3) is 0 Å². The summed E-state index contributed by atoms with van der Waals surface area (Å²) in [7, 11) is 0. The molecule has 0 aromatic heterocycles. The van der Waals surface area contributed by atoms with Gasteiger partial charge in [0.05, 0.1) is 0 Å². The second kappa shape index (κ2) is 24.7. The lowest BCUT2D eigenvalue weighted by Gasteiger charge is -2.16. The molecule has 0 radical (unpaired) electrons. The fourth-order valence-corrected chi connectivity index (χ4v) is 4.21. The second-order valence-corrected chi connectivity index (χ2v) is 9.42. The van der Waals surface area contributed by atoms with E-state index >= 15 is 0 Å². The van der Waals surface area contributed by atoms with Crippen LogP contribution in [0.3, 0.4) is 0 Å². The van der Waals surface area contributed by atoms with Gasteiger partial charge in [-0.2, -0.15) is 0 Å². The molecule has 0 aliphatic rings. The zero-order chi connectivity index (χ0) is 22.1. The van der Waals surface area contributed by atoms with Crippen LogP contribution >= 0.6 is 0 Å². The van der Waals surface area contributed by atoms with Gasteiger partial charge in [-0.1, -0.05) is 136 Å². The van der Waals surface area contributed by atoms with Crippen LogP contribution in [-0.4, -0.2) is 12.1 Å². The lowest BCUT2D eigenvalue weighted by molar-refractivity contribution is -0.149. The Hall–Kier alpha value is -0.530. The minimum Gasteiger partial charge on any atom is -0.462 e. The molecule has 0 spiro atoms. The predicted octanol–water partition coefficient (Wildman–Crippen LogP) is 9.93. The number of rotatable bonds is 24. The van der Waals surface area contributed by atoms with Gasteiger partial charge in [0.15, 0.2) is 0 Å². The SMILES string of the molecule is CCCCCCCCCCCCCC(=O)OC(CC)CCCCCCCCCCC. The zero-order valence-electron chi connectivity index (χ0n) is 21.2. The maximum Gasteiger partial charge on any atom is 0.306 e. The van der Waals surface area contributed by atoms with Crippen LogP contribution in [0.4, 0.5) is 0 Å². The fourth-order valence-electron chi connectivity index (χ4n) is 4.21. The van der Waals surface area contributed by atoms with Gasteiger partial charge in [0, 0.05) is 6.42 Å². The minimum absolute atomic E-state index is 0.0358. The highest BCUT2D eigenvalue weighted by molar-refractivity contribution is 5.69. The summed E-state index contributed by atoms with van der Waals surface area (Å²) in [5, 5.41) is 0. The Morgan fingerprint density at radius 3 is 1.30 bits per heavy atom. The van der Waals surface area contributed by atoms with E-state index in [0.717, 1.165) is 19.3 Å². The molecule has 0 aliphatic carbocycles. The Labute approximate surface area is 190 Å². The summed E-state index contributed by atoms with van der Waals surface area (Å²) in [6.07, 6.45) is 29.4. The van der Waals surface area contributed by atoms with Gasteiger partial charge in [-0.25, -0.2) is 0 Å². The number of carbonyl (C=O) groups excluding carboxylic acids is 1. The van der Waals surface area contributed by atoms with E-state index in [1.165, 1.54) is 122 Å². The summed E-state index contributed by atoms with van der Waals surface area (Å²) in [4.78, 5) is 12.1. The Morgan fingerprint density at radius 1 is 0.533 bits per heavy atom. The van der Waals surface area contributed by atoms with Crippen LogP contribution in [0.25, 0.3) is 0 Å². The Kier molecular flexibility index (Phi) is 24.3. The first kappa shape index (κ1) is 29.5. The third-order valence-corrected chi connectivity index (χ3v) is 6.37. The molecule has 30 heavy (non-hydrogen) atoms. The van der Waals surface area contributed by atoms with Crippen molar-refractivity contribution in [3.8, 4) is 0 Å². The van der Waals surface area contributed by atoms with Crippen molar-refractivity contribution in [1.82, 2.24) is 0 Å². The molecule has 0 saturated heterocycles. The Morgan fingerprint density at radius 2 is 0.900 bits per heavy atom. The molecule has 0 aliphatic heterocycles. The fraction of sp³-hybridized carbons (Fsp3) is 0.964. The van der Waals surface area contributed by atoms with E-state index in [2.05, 4.69) is 20.8 Å². The summed E-state index contributed by atoms with van der Waals surface area (Å²) in [6.45, 7) is 6.69. The molecule has 180 valence electrons. The highest BCUT2D eigenvalue weighted by atomic mass is 16.5. The van der Waals surface area contributed by atoms with E-state index in [4.69, 9.17) is 4.74 Å². The van der Waals surface area contributed by atoms with E-state index in [0.29, 0.717) is 6.42 Å². The summed E-state index contributed by atoms with van der Waals surface area (Å²) >= 11 is 0. The third kappa shape index (κ3) is 22.2. The van der Waals surface area contributed by atoms with Crippen molar-refractivity contribution in [1.29, 1.82) is 0 Å². The van der Waals surface area contributed by atoms with Gasteiger partial charge in [0.2, 0.25) is 0 Å². The van der Waals surface area contributed by atoms with Gasteiger partial charge < -0.3 is 4.74 Å². The molecule has 0 amide bonds. The number of hydrogen-bond donors (Lipinski definition) is 0. The average Bonchev–Trinajstić information content (AvgIpc) is 2.75. The molecule has 0 aromatic rings. The molecule has 1 atom stereocenters. The van der Waals surface area contributed by atoms with Crippen molar-refractivity contribution in [2.75, 3.05) is 0 Å². The van der Waals surface area contributed by atoms with Crippen LogP contribution in [0.15, 0.2) is 0 Å². The standard InChI is InChI=1S/C28H56O2/c1-4-7-9-11-13-15-16-18-20-22-24-26-28(29)30-27(6-3)25-23-21-19-17-14-12-10-8-5-2/h27H,4-26H2,1-3H3. The topological polar surface area (TPSA) is 26.3 Å². The summed E-state index contributed by atoms with van der Waals surface area (Å²) in [5.41, 5.74) is 0. The lowest BCUT2D eigenvalue weighted by atomic mass is 10.0. The van der Waals surface area contributed by atoms with Crippen molar-refractivity contribution >= 4 is 5.97 Å². The summed E-state index contributed by atoms with van der Waals surface area (Å²) in [5.74, 6) is 0.0358. The smallest absolute Gasteiger partial charge is 0.306 e. The van der Waals surface area contributed by atoms with Crippen molar-refractivity contribution < 1.29 is 9.53 Å². The molecule has 0 bridgehead atoms. The van der Waals surface area contributed by atoms with Crippen LogP contribution in [0.1, 0.15) is 168 Å². The summed E-state index contributed by atoms with van der Waals surface area (Å²) < 4.78 is 5.72. The summed E-state index contributed by atoms with van der Waals surface area (Å²) in [6, 6.07) is 0. The number of unbranched alkanes of at least 4 members (excludes halogenated alkanes) is 18. The number of ether oxygens (including phenoxy) is 1. The highest BCUT2D eigenvalue weighted by Crippen LogP contribution is 2.16. The van der Waals surface area contributed by atoms with Crippen LogP contribution in [-0.2, 0) is 9.53 Å². The van der Waals surface area contributed by atoms with Crippen molar-refractivity contribution in [2.45, 2.75) is 175 Å². The maximum absolute atomic E-state index is 12.1. The molecule has 0 fully saturated rings. The molecule has 0 rings (SSSR count). The maximum atomic E-state index is 12.1. The third-order valence-electron chi connectivity index (χ3n) is 6.37. The molecule has 0 N–H and O–H groups in total. The van der Waals surface area contributed by atoms with Gasteiger partial charge in [-0.05, 0) is 25.7 Å². The molecule has 0 aromatic carbocycles. The monoisotopic (exact) mass is 424 g/mol. The molecular formula is C28H56O2. The minimum atomic E-state index is 0.0358. The van der Waals surface area contributed by atoms with E-state index in [1.54, 1.807) is 0 Å². The Bertz CT molecular complexity index is 340. The van der Waals surface area contributed by atoms with Crippen molar-refractivity contribution in [3.05, 3.63) is 0 Å². The van der Waals surface area contributed by atoms with E-state index < -0.39 is 0 Å². The van der Waals surface area contributed by atoms with Gasteiger partial charge in [0.1, 0.15) is 6.10 Å². The first-order valence-electron chi connectivity index (χ1n) is 13.9. The van der Waals surface area contributed by atoms with Gasteiger partial charge in [-0.3, -0.25) is 4.79 Å². The first-order valence-corrected chi connectivity index (χ1v) is 13.9.